The first-order chi connectivity index (χ1) is 14.8. The van der Waals surface area contributed by atoms with Crippen LogP contribution >= 0.6 is 0 Å². The van der Waals surface area contributed by atoms with Gasteiger partial charge in [0.15, 0.2) is 0 Å². The Balaban J connectivity index is 1.55. The van der Waals surface area contributed by atoms with Crippen LogP contribution < -0.4 is 10.6 Å². The topological polar surface area (TPSA) is 78.5 Å². The molecule has 1 aliphatic heterocycles. The van der Waals surface area contributed by atoms with E-state index >= 15 is 0 Å². The highest BCUT2D eigenvalue weighted by Crippen LogP contribution is 2.15. The summed E-state index contributed by atoms with van der Waals surface area (Å²) in [6.07, 6.45) is 1.34. The molecule has 1 fully saturated rings. The van der Waals surface area contributed by atoms with Crippen LogP contribution in [0.15, 0.2) is 48.5 Å². The second-order valence-electron chi connectivity index (χ2n) is 7.67. The average Bonchev–Trinajstić information content (AvgIpc) is 2.74. The molecule has 0 bridgehead atoms. The molecule has 8 heteroatoms. The van der Waals surface area contributed by atoms with Gasteiger partial charge in [0, 0.05) is 38.0 Å². The highest BCUT2D eigenvalue weighted by molar-refractivity contribution is 5.94. The van der Waals surface area contributed by atoms with Gasteiger partial charge >= 0.3 is 0 Å². The van der Waals surface area contributed by atoms with Gasteiger partial charge in [0.05, 0.1) is 0 Å². The summed E-state index contributed by atoms with van der Waals surface area (Å²) < 4.78 is 26.5. The smallest absolute Gasteiger partial charge is 0.253 e. The van der Waals surface area contributed by atoms with Crippen molar-refractivity contribution in [3.63, 3.8) is 0 Å². The number of nitrogens with zero attached hydrogens (tertiary/aromatic N) is 1. The molecule has 0 radical (unpaired) electrons. The van der Waals surface area contributed by atoms with E-state index in [-0.39, 0.29) is 36.0 Å². The van der Waals surface area contributed by atoms with Gasteiger partial charge in [0.2, 0.25) is 11.8 Å². The Bertz CT molecular complexity index is 941. The lowest BCUT2D eigenvalue weighted by Gasteiger charge is -2.33. The van der Waals surface area contributed by atoms with E-state index in [1.807, 2.05) is 0 Å². The second kappa shape index (κ2) is 10.1. The second-order valence-corrected chi connectivity index (χ2v) is 7.67. The van der Waals surface area contributed by atoms with Crippen LogP contribution in [0.4, 0.5) is 8.78 Å². The summed E-state index contributed by atoms with van der Waals surface area (Å²) in [6, 6.07) is 10.4. The molecular formula is C23H25F2N3O3. The maximum Gasteiger partial charge on any atom is 0.253 e. The van der Waals surface area contributed by atoms with Crippen LogP contribution in [0.1, 0.15) is 35.7 Å². The molecule has 3 rings (SSSR count). The van der Waals surface area contributed by atoms with Gasteiger partial charge in [-0.05, 0) is 48.7 Å². The molecule has 31 heavy (non-hydrogen) atoms. The maximum atomic E-state index is 13.4. The average molecular weight is 429 g/mol. The Kier molecular flexibility index (Phi) is 7.33. The quantitative estimate of drug-likeness (QED) is 0.741. The molecule has 0 saturated carbocycles. The predicted molar refractivity (Wildman–Crippen MR) is 111 cm³/mol. The van der Waals surface area contributed by atoms with Gasteiger partial charge in [0.25, 0.3) is 5.91 Å². The Hall–Kier alpha value is -3.29. The molecule has 2 aromatic rings. The van der Waals surface area contributed by atoms with E-state index in [1.165, 1.54) is 37.3 Å². The summed E-state index contributed by atoms with van der Waals surface area (Å²) in [4.78, 5) is 38.5. The van der Waals surface area contributed by atoms with E-state index in [4.69, 9.17) is 0 Å². The number of amides is 3. The lowest BCUT2D eigenvalue weighted by molar-refractivity contribution is -0.128. The molecule has 0 aromatic heterocycles. The molecule has 2 aromatic carbocycles. The van der Waals surface area contributed by atoms with Crippen LogP contribution in [-0.2, 0) is 16.0 Å². The zero-order valence-electron chi connectivity index (χ0n) is 17.2. The molecule has 1 atom stereocenters. The third-order valence-corrected chi connectivity index (χ3v) is 5.25. The number of hydrogen-bond donors (Lipinski definition) is 2. The number of piperidine rings is 1. The number of likely N-dealkylation sites (tertiary alicyclic amines) is 1. The van der Waals surface area contributed by atoms with Crippen molar-refractivity contribution in [1.29, 1.82) is 0 Å². The zero-order chi connectivity index (χ0) is 22.4. The van der Waals surface area contributed by atoms with Crippen LogP contribution in [0.3, 0.4) is 0 Å². The number of hydrogen-bond acceptors (Lipinski definition) is 3. The van der Waals surface area contributed by atoms with Crippen molar-refractivity contribution in [2.75, 3.05) is 13.1 Å². The van der Waals surface area contributed by atoms with Crippen LogP contribution in [-0.4, -0.2) is 47.8 Å². The summed E-state index contributed by atoms with van der Waals surface area (Å²) in [5.41, 5.74) is 1.03. The minimum absolute atomic E-state index is 0.145. The van der Waals surface area contributed by atoms with Gasteiger partial charge in [-0.1, -0.05) is 18.2 Å². The van der Waals surface area contributed by atoms with Crippen molar-refractivity contribution in [1.82, 2.24) is 15.5 Å². The number of carbonyl (C=O) groups excluding carboxylic acids is 3. The van der Waals surface area contributed by atoms with Crippen molar-refractivity contribution in [3.05, 3.63) is 71.3 Å². The number of halogens is 2. The van der Waals surface area contributed by atoms with Crippen molar-refractivity contribution in [3.8, 4) is 0 Å². The van der Waals surface area contributed by atoms with Crippen molar-refractivity contribution in [2.24, 2.45) is 0 Å². The van der Waals surface area contributed by atoms with Crippen LogP contribution in [0.25, 0.3) is 0 Å². The normalized spacial score (nSPS) is 15.3. The van der Waals surface area contributed by atoms with Gasteiger partial charge in [-0.25, -0.2) is 8.78 Å². The number of benzene rings is 2. The van der Waals surface area contributed by atoms with Crippen LogP contribution in [0.2, 0.25) is 0 Å². The van der Waals surface area contributed by atoms with Crippen molar-refractivity contribution in [2.45, 2.75) is 38.3 Å². The Morgan fingerprint density at radius 1 is 1.03 bits per heavy atom. The van der Waals surface area contributed by atoms with E-state index in [1.54, 1.807) is 23.1 Å². The Labute approximate surface area is 179 Å². The summed E-state index contributed by atoms with van der Waals surface area (Å²) in [7, 11) is 0. The zero-order valence-corrected chi connectivity index (χ0v) is 17.2. The minimum atomic E-state index is -0.782. The summed E-state index contributed by atoms with van der Waals surface area (Å²) in [6.45, 7) is 2.20. The molecule has 2 N–H and O–H groups in total. The fraction of sp³-hybridized carbons (Fsp3) is 0.348. The summed E-state index contributed by atoms with van der Waals surface area (Å²) in [5.74, 6) is -1.73. The molecule has 1 heterocycles. The highest BCUT2D eigenvalue weighted by Gasteiger charge is 2.27. The molecule has 3 amide bonds. The molecular weight excluding hydrogens is 404 g/mol. The van der Waals surface area contributed by atoms with E-state index in [0.717, 1.165) is 5.56 Å². The largest absolute Gasteiger partial charge is 0.351 e. The van der Waals surface area contributed by atoms with Crippen LogP contribution in [0, 0.1) is 11.6 Å². The highest BCUT2D eigenvalue weighted by atomic mass is 19.1. The van der Waals surface area contributed by atoms with E-state index in [0.29, 0.717) is 31.5 Å². The molecule has 0 aliphatic carbocycles. The van der Waals surface area contributed by atoms with Crippen LogP contribution in [0.5, 0.6) is 0 Å². The van der Waals surface area contributed by atoms with Gasteiger partial charge < -0.3 is 15.5 Å². The third kappa shape index (κ3) is 6.34. The molecule has 6 nitrogen and oxygen atoms in total. The Morgan fingerprint density at radius 3 is 2.32 bits per heavy atom. The summed E-state index contributed by atoms with van der Waals surface area (Å²) in [5, 5.41) is 5.58. The number of rotatable bonds is 6. The van der Waals surface area contributed by atoms with E-state index in [2.05, 4.69) is 10.6 Å². The Morgan fingerprint density at radius 2 is 1.71 bits per heavy atom. The standard InChI is InChI=1S/C23H25F2N3O3/c1-15(29)26-21(13-16-5-7-18(24)8-6-16)22(30)27-20-9-11-28(12-10-20)23(31)17-3-2-4-19(25)14-17/h2-8,14,20-21H,9-13H2,1H3,(H,26,29)(H,27,30)/t21-/m1/s1. The minimum Gasteiger partial charge on any atom is -0.351 e. The van der Waals surface area contributed by atoms with Gasteiger partial charge in [0.1, 0.15) is 17.7 Å². The van der Waals surface area contributed by atoms with E-state index in [9.17, 15) is 23.2 Å². The van der Waals surface area contributed by atoms with Gasteiger partial charge in [-0.15, -0.1) is 0 Å². The van der Waals surface area contributed by atoms with E-state index < -0.39 is 11.9 Å². The fourth-order valence-corrected chi connectivity index (χ4v) is 3.64. The predicted octanol–water partition coefficient (Wildman–Crippen LogP) is 2.43. The van der Waals surface area contributed by atoms with Crippen molar-refractivity contribution >= 4 is 17.7 Å². The first-order valence-corrected chi connectivity index (χ1v) is 10.2. The molecule has 0 spiro atoms. The lowest BCUT2D eigenvalue weighted by Crippen LogP contribution is -2.53. The monoisotopic (exact) mass is 429 g/mol. The number of nitrogens with one attached hydrogen (secondary N) is 2. The van der Waals surface area contributed by atoms with Crippen molar-refractivity contribution < 1.29 is 23.2 Å². The summed E-state index contributed by atoms with van der Waals surface area (Å²) >= 11 is 0. The molecule has 164 valence electrons. The first-order valence-electron chi connectivity index (χ1n) is 10.2. The number of carbonyl (C=O) groups is 3. The first kappa shape index (κ1) is 22.4. The SMILES string of the molecule is CC(=O)N[C@H](Cc1ccc(F)cc1)C(=O)NC1CCN(C(=O)c2cccc(F)c2)CC1. The third-order valence-electron chi connectivity index (χ3n) is 5.25. The molecule has 1 aliphatic rings. The fourth-order valence-electron chi connectivity index (χ4n) is 3.64. The lowest BCUT2D eigenvalue weighted by atomic mass is 10.0. The molecule has 1 saturated heterocycles. The molecule has 0 unspecified atom stereocenters. The van der Waals surface area contributed by atoms with Gasteiger partial charge in [-0.2, -0.15) is 0 Å². The maximum absolute atomic E-state index is 13.4. The van der Waals surface area contributed by atoms with Gasteiger partial charge in [-0.3, -0.25) is 14.4 Å².